The molecule has 142 valence electrons. The number of carbonyl (C=O) groups is 1. The summed E-state index contributed by atoms with van der Waals surface area (Å²) in [5.74, 6) is 0.0427. The molecule has 0 aliphatic carbocycles. The minimum absolute atomic E-state index is 0.0427. The summed E-state index contributed by atoms with van der Waals surface area (Å²) < 4.78 is 5.29. The summed E-state index contributed by atoms with van der Waals surface area (Å²) in [5.41, 5.74) is 6.55. The maximum Gasteiger partial charge on any atom is 0.254 e. The van der Waals surface area contributed by atoms with Crippen molar-refractivity contribution in [1.29, 1.82) is 0 Å². The Morgan fingerprint density at radius 2 is 1.86 bits per heavy atom. The molecular weight excluding hydrogens is 372 g/mol. The molecule has 6 nitrogen and oxygen atoms in total. The number of thiazole rings is 1. The van der Waals surface area contributed by atoms with E-state index in [-0.39, 0.29) is 5.91 Å². The number of nitrogens with one attached hydrogen (secondary N) is 1. The number of hydrazone groups is 1. The molecule has 28 heavy (non-hydrogen) atoms. The molecule has 0 spiro atoms. The van der Waals surface area contributed by atoms with Crippen molar-refractivity contribution in [2.24, 2.45) is 5.10 Å². The molecule has 4 rings (SSSR count). The lowest BCUT2D eigenvalue weighted by Crippen LogP contribution is -2.40. The van der Waals surface area contributed by atoms with Crippen molar-refractivity contribution in [3.05, 3.63) is 71.1 Å². The fourth-order valence-electron chi connectivity index (χ4n) is 2.89. The number of amides is 1. The average Bonchev–Trinajstić information content (AvgIpc) is 3.24. The van der Waals surface area contributed by atoms with Gasteiger partial charge in [0.05, 0.1) is 25.1 Å². The van der Waals surface area contributed by atoms with Crippen LogP contribution in [0.1, 0.15) is 15.9 Å². The van der Waals surface area contributed by atoms with Gasteiger partial charge in [-0.2, -0.15) is 5.10 Å². The first-order chi connectivity index (χ1) is 13.8. The minimum Gasteiger partial charge on any atom is -0.378 e. The number of hydrogen-bond acceptors (Lipinski definition) is 6. The Morgan fingerprint density at radius 3 is 2.61 bits per heavy atom. The van der Waals surface area contributed by atoms with Gasteiger partial charge < -0.3 is 9.64 Å². The zero-order valence-corrected chi connectivity index (χ0v) is 16.1. The third-order valence-corrected chi connectivity index (χ3v) is 5.15. The smallest absolute Gasteiger partial charge is 0.254 e. The molecule has 1 saturated heterocycles. The van der Waals surface area contributed by atoms with Crippen molar-refractivity contribution in [1.82, 2.24) is 9.88 Å². The molecule has 0 bridgehead atoms. The van der Waals surface area contributed by atoms with Gasteiger partial charge in [0, 0.05) is 29.6 Å². The molecule has 7 heteroatoms. The van der Waals surface area contributed by atoms with Crippen LogP contribution in [0.15, 0.2) is 65.1 Å². The van der Waals surface area contributed by atoms with Crippen LogP contribution in [0.3, 0.4) is 0 Å². The molecule has 1 fully saturated rings. The van der Waals surface area contributed by atoms with E-state index < -0.39 is 0 Å². The number of hydrogen-bond donors (Lipinski definition) is 1. The maximum atomic E-state index is 12.4. The third-order valence-electron chi connectivity index (χ3n) is 4.40. The van der Waals surface area contributed by atoms with E-state index in [1.165, 1.54) is 11.3 Å². The Balaban J connectivity index is 1.35. The van der Waals surface area contributed by atoms with Gasteiger partial charge in [0.15, 0.2) is 0 Å². The zero-order valence-electron chi connectivity index (χ0n) is 15.2. The first-order valence-electron chi connectivity index (χ1n) is 9.07. The van der Waals surface area contributed by atoms with Crippen molar-refractivity contribution >= 4 is 28.6 Å². The molecule has 2 heterocycles. The number of ether oxygens (including phenoxy) is 1. The number of benzene rings is 2. The minimum atomic E-state index is 0.0427. The fourth-order valence-corrected chi connectivity index (χ4v) is 3.56. The third kappa shape index (κ3) is 4.44. The number of morpholine rings is 1. The molecule has 1 N–H and O–H groups in total. The standard InChI is InChI=1S/C21H20N4O2S/c26-20(25-10-12-27-13-11-25)18-8-6-16(7-9-18)14-22-24-21-23-19(15-28-21)17-4-2-1-3-5-17/h1-9,14-15H,10-13H2,(H,23,24). The lowest BCUT2D eigenvalue weighted by molar-refractivity contribution is 0.0303. The Kier molecular flexibility index (Phi) is 5.75. The lowest BCUT2D eigenvalue weighted by atomic mass is 10.1. The second-order valence-electron chi connectivity index (χ2n) is 6.30. The monoisotopic (exact) mass is 392 g/mol. The van der Waals surface area contributed by atoms with Crippen LogP contribution in [0.4, 0.5) is 5.13 Å². The number of rotatable bonds is 5. The van der Waals surface area contributed by atoms with Gasteiger partial charge in [0.1, 0.15) is 0 Å². The predicted molar refractivity (Wildman–Crippen MR) is 112 cm³/mol. The Morgan fingerprint density at radius 1 is 1.11 bits per heavy atom. The van der Waals surface area contributed by atoms with E-state index in [4.69, 9.17) is 4.74 Å². The van der Waals surface area contributed by atoms with E-state index in [0.717, 1.165) is 22.0 Å². The highest BCUT2D eigenvalue weighted by atomic mass is 32.1. The Hall–Kier alpha value is -3.03. The number of aromatic nitrogens is 1. The quantitative estimate of drug-likeness (QED) is 0.531. The van der Waals surface area contributed by atoms with Gasteiger partial charge in [0.2, 0.25) is 5.13 Å². The summed E-state index contributed by atoms with van der Waals surface area (Å²) in [6.45, 7) is 2.49. The van der Waals surface area contributed by atoms with Crippen molar-refractivity contribution in [3.8, 4) is 11.3 Å². The van der Waals surface area contributed by atoms with Gasteiger partial charge >= 0.3 is 0 Å². The highest BCUT2D eigenvalue weighted by molar-refractivity contribution is 7.14. The molecule has 0 atom stereocenters. The zero-order chi connectivity index (χ0) is 19.2. The molecule has 2 aromatic carbocycles. The molecular formula is C21H20N4O2S. The average molecular weight is 392 g/mol. The Bertz CT molecular complexity index is 948. The van der Waals surface area contributed by atoms with Crippen LogP contribution in [0.25, 0.3) is 11.3 Å². The summed E-state index contributed by atoms with van der Waals surface area (Å²) in [5, 5.41) is 6.97. The van der Waals surface area contributed by atoms with Crippen LogP contribution < -0.4 is 5.43 Å². The lowest BCUT2D eigenvalue weighted by Gasteiger charge is -2.26. The summed E-state index contributed by atoms with van der Waals surface area (Å²) in [6.07, 6.45) is 1.71. The predicted octanol–water partition coefficient (Wildman–Crippen LogP) is 3.73. The first-order valence-corrected chi connectivity index (χ1v) is 9.95. The van der Waals surface area contributed by atoms with Crippen molar-refractivity contribution < 1.29 is 9.53 Å². The van der Waals surface area contributed by atoms with E-state index in [9.17, 15) is 4.79 Å². The molecule has 1 aliphatic rings. The second-order valence-corrected chi connectivity index (χ2v) is 7.16. The summed E-state index contributed by atoms with van der Waals surface area (Å²) >= 11 is 1.51. The summed E-state index contributed by atoms with van der Waals surface area (Å²) in [6, 6.07) is 17.5. The highest BCUT2D eigenvalue weighted by Gasteiger charge is 2.18. The molecule has 3 aromatic rings. The van der Waals surface area contributed by atoms with E-state index in [2.05, 4.69) is 15.5 Å². The highest BCUT2D eigenvalue weighted by Crippen LogP contribution is 2.24. The SMILES string of the molecule is O=C(c1ccc(C=NNc2nc(-c3ccccc3)cs2)cc1)N1CCOCC1. The van der Waals surface area contributed by atoms with Crippen LogP contribution in [0.2, 0.25) is 0 Å². The molecule has 1 amide bonds. The largest absolute Gasteiger partial charge is 0.378 e. The first kappa shape index (κ1) is 18.3. The van der Waals surface area contributed by atoms with Gasteiger partial charge in [-0.05, 0) is 17.7 Å². The van der Waals surface area contributed by atoms with E-state index in [1.807, 2.05) is 64.9 Å². The van der Waals surface area contributed by atoms with Crippen LogP contribution in [-0.4, -0.2) is 48.3 Å². The topological polar surface area (TPSA) is 66.8 Å². The van der Waals surface area contributed by atoms with Gasteiger partial charge in [-0.1, -0.05) is 42.5 Å². The maximum absolute atomic E-state index is 12.4. The van der Waals surface area contributed by atoms with Crippen molar-refractivity contribution in [2.45, 2.75) is 0 Å². The van der Waals surface area contributed by atoms with Crippen LogP contribution >= 0.6 is 11.3 Å². The van der Waals surface area contributed by atoms with Gasteiger partial charge in [-0.3, -0.25) is 10.2 Å². The second kappa shape index (κ2) is 8.77. The molecule has 1 aliphatic heterocycles. The van der Waals surface area contributed by atoms with E-state index in [0.29, 0.717) is 31.9 Å². The summed E-state index contributed by atoms with van der Waals surface area (Å²) in [7, 11) is 0. The number of nitrogens with zero attached hydrogens (tertiary/aromatic N) is 3. The normalized spacial score (nSPS) is 14.4. The van der Waals surface area contributed by atoms with Crippen LogP contribution in [0.5, 0.6) is 0 Å². The van der Waals surface area contributed by atoms with E-state index in [1.54, 1.807) is 6.21 Å². The molecule has 0 saturated carbocycles. The molecule has 0 radical (unpaired) electrons. The van der Waals surface area contributed by atoms with Crippen molar-refractivity contribution in [2.75, 3.05) is 31.7 Å². The summed E-state index contributed by atoms with van der Waals surface area (Å²) in [4.78, 5) is 18.8. The Labute approximate surface area is 167 Å². The van der Waals surface area contributed by atoms with Crippen LogP contribution in [0, 0.1) is 0 Å². The fraction of sp³-hybridized carbons (Fsp3) is 0.190. The molecule has 0 unspecified atom stereocenters. The van der Waals surface area contributed by atoms with Crippen molar-refractivity contribution in [3.63, 3.8) is 0 Å². The van der Waals surface area contributed by atoms with Gasteiger partial charge in [-0.25, -0.2) is 4.98 Å². The molecule has 1 aromatic heterocycles. The van der Waals surface area contributed by atoms with E-state index >= 15 is 0 Å². The van der Waals surface area contributed by atoms with Gasteiger partial charge in [0.25, 0.3) is 5.91 Å². The van der Waals surface area contributed by atoms with Gasteiger partial charge in [-0.15, -0.1) is 11.3 Å². The number of carbonyl (C=O) groups excluding carboxylic acids is 1. The number of anilines is 1. The van der Waals surface area contributed by atoms with Crippen LogP contribution in [-0.2, 0) is 4.74 Å².